The van der Waals surface area contributed by atoms with Gasteiger partial charge in [0.25, 0.3) is 0 Å². The Labute approximate surface area is 316 Å². The lowest BCUT2D eigenvalue weighted by molar-refractivity contribution is 0.766. The summed E-state index contributed by atoms with van der Waals surface area (Å²) in [4.78, 5) is 23.2. The van der Waals surface area contributed by atoms with E-state index in [1.807, 2.05) is 24.3 Å². The molecule has 0 saturated heterocycles. The molecule has 0 radical (unpaired) electrons. The predicted molar refractivity (Wildman–Crippen MR) is 221 cm³/mol. The number of aromatic nitrogens is 5. The summed E-state index contributed by atoms with van der Waals surface area (Å²) in [6.45, 7) is 0. The highest BCUT2D eigenvalue weighted by Crippen LogP contribution is 2.37. The van der Waals surface area contributed by atoms with Gasteiger partial charge in [-0.2, -0.15) is 0 Å². The number of hydrogen-bond acceptors (Lipinski definition) is 5. The first-order valence-corrected chi connectivity index (χ1v) is 18.8. The number of hydrogen-bond donors (Lipinski definition) is 0. The van der Waals surface area contributed by atoms with Crippen LogP contribution in [-0.4, -0.2) is 24.9 Å². The first-order valence-electron chi connectivity index (χ1n) is 18.8. The quantitative estimate of drug-likeness (QED) is 0.158. The molecule has 54 heavy (non-hydrogen) atoms. The Hall–Kier alpha value is -6.59. The van der Waals surface area contributed by atoms with E-state index < -0.39 is 0 Å². The lowest BCUT2D eigenvalue weighted by atomic mass is 9.88. The molecule has 9 rings (SSSR count). The van der Waals surface area contributed by atoms with E-state index in [0.29, 0.717) is 11.6 Å². The third kappa shape index (κ3) is 7.22. The largest absolute Gasteiger partial charge is 0.265 e. The summed E-state index contributed by atoms with van der Waals surface area (Å²) < 4.78 is 0. The lowest BCUT2D eigenvalue weighted by Gasteiger charge is -2.18. The molecular formula is C49H39N5. The zero-order valence-corrected chi connectivity index (χ0v) is 30.0. The van der Waals surface area contributed by atoms with Crippen LogP contribution in [0.2, 0.25) is 0 Å². The van der Waals surface area contributed by atoms with Gasteiger partial charge in [0.05, 0.1) is 0 Å². The molecule has 3 aromatic heterocycles. The Bertz CT molecular complexity index is 2430. The van der Waals surface area contributed by atoms with E-state index in [-0.39, 0.29) is 5.92 Å². The molecule has 0 saturated carbocycles. The molecule has 1 atom stereocenters. The smallest absolute Gasteiger partial charge is 0.163 e. The van der Waals surface area contributed by atoms with Gasteiger partial charge in [-0.25, -0.2) is 15.0 Å². The summed E-state index contributed by atoms with van der Waals surface area (Å²) in [6.07, 6.45) is 32.5. The Balaban J connectivity index is 1.06. The molecular weight excluding hydrogens is 659 g/mol. The monoisotopic (exact) mass is 697 g/mol. The van der Waals surface area contributed by atoms with Crippen LogP contribution >= 0.6 is 0 Å². The van der Waals surface area contributed by atoms with Crippen molar-refractivity contribution in [1.29, 1.82) is 0 Å². The third-order valence-electron chi connectivity index (χ3n) is 10.4. The normalized spacial score (nSPS) is 16.4. The van der Waals surface area contributed by atoms with Gasteiger partial charge in [0.1, 0.15) is 5.82 Å². The van der Waals surface area contributed by atoms with Gasteiger partial charge in [0.15, 0.2) is 11.6 Å². The number of nitrogens with zero attached hydrogens (tertiary/aromatic N) is 5. The highest BCUT2D eigenvalue weighted by Gasteiger charge is 2.20. The van der Waals surface area contributed by atoms with Crippen LogP contribution in [0.3, 0.4) is 0 Å². The van der Waals surface area contributed by atoms with Gasteiger partial charge in [-0.3, -0.25) is 9.97 Å². The van der Waals surface area contributed by atoms with Gasteiger partial charge in [0, 0.05) is 41.8 Å². The van der Waals surface area contributed by atoms with E-state index >= 15 is 0 Å². The summed E-state index contributed by atoms with van der Waals surface area (Å²) in [5.41, 5.74) is 14.3. The predicted octanol–water partition coefficient (Wildman–Crippen LogP) is 11.9. The maximum Gasteiger partial charge on any atom is 0.163 e. The van der Waals surface area contributed by atoms with Crippen LogP contribution in [0.4, 0.5) is 0 Å². The number of benzene rings is 3. The van der Waals surface area contributed by atoms with Gasteiger partial charge < -0.3 is 0 Å². The highest BCUT2D eigenvalue weighted by atomic mass is 15.0. The van der Waals surface area contributed by atoms with Crippen molar-refractivity contribution in [3.63, 3.8) is 0 Å². The van der Waals surface area contributed by atoms with Crippen molar-refractivity contribution in [2.75, 3.05) is 0 Å². The Morgan fingerprint density at radius 2 is 1.06 bits per heavy atom. The fraction of sp³-hybridized carbons (Fsp3) is 0.122. The first kappa shape index (κ1) is 33.3. The van der Waals surface area contributed by atoms with Crippen LogP contribution in [0.1, 0.15) is 60.5 Å². The molecule has 3 heterocycles. The molecule has 3 aliphatic carbocycles. The maximum atomic E-state index is 4.98. The van der Waals surface area contributed by atoms with Gasteiger partial charge in [-0.15, -0.1) is 0 Å². The van der Waals surface area contributed by atoms with Crippen molar-refractivity contribution in [1.82, 2.24) is 24.9 Å². The molecule has 6 aromatic rings. The molecule has 1 unspecified atom stereocenters. The Morgan fingerprint density at radius 1 is 0.463 bits per heavy atom. The average Bonchev–Trinajstić information content (AvgIpc) is 3.27. The van der Waals surface area contributed by atoms with Gasteiger partial charge in [0.2, 0.25) is 0 Å². The second kappa shape index (κ2) is 15.2. The third-order valence-corrected chi connectivity index (χ3v) is 10.4. The highest BCUT2D eigenvalue weighted by molar-refractivity contribution is 5.85. The van der Waals surface area contributed by atoms with E-state index in [2.05, 4.69) is 131 Å². The molecule has 0 amide bonds. The van der Waals surface area contributed by atoms with Crippen molar-refractivity contribution in [2.24, 2.45) is 0 Å². The minimum atomic E-state index is 0.00717. The minimum absolute atomic E-state index is 0.00717. The number of rotatable bonds is 8. The molecule has 0 fully saturated rings. The van der Waals surface area contributed by atoms with Crippen LogP contribution < -0.4 is 0 Å². The van der Waals surface area contributed by atoms with Crippen molar-refractivity contribution >= 4 is 16.7 Å². The summed E-state index contributed by atoms with van der Waals surface area (Å²) in [5.74, 6) is 2.03. The van der Waals surface area contributed by atoms with Gasteiger partial charge >= 0.3 is 0 Å². The van der Waals surface area contributed by atoms with Crippen LogP contribution in [0.25, 0.3) is 61.7 Å². The van der Waals surface area contributed by atoms with Crippen LogP contribution in [0.15, 0.2) is 170 Å². The SMILES string of the molecule is C1=CCCC(c2ccc(-c3cc(C4=CCC(c5nc(-c6ccncc6)nc(-c6ccncc6)n5)C=C4)cc(-c4ccc(C5=CCCC=C5)cc4)c3)cc2)=C1. The van der Waals surface area contributed by atoms with E-state index in [9.17, 15) is 0 Å². The standard InChI is InChI=1S/C49H39N5/c1-3-7-34(8-4-1)36-11-15-38(16-12-36)44-31-45(39-17-13-37(14-18-39)35-9-5-2-6-10-35)33-46(32-44)40-19-21-41(22-20-40)47-52-48(42-23-27-50-28-24-42)54-49(53-47)43-25-29-51-30-26-43/h1,3,5,7,9-21,23-33,41H,2,4,6,8,22H2. The number of pyridine rings is 2. The van der Waals surface area contributed by atoms with E-state index in [1.165, 1.54) is 55.7 Å². The maximum absolute atomic E-state index is 4.98. The molecule has 260 valence electrons. The van der Waals surface area contributed by atoms with E-state index in [1.54, 1.807) is 24.8 Å². The molecule has 5 nitrogen and oxygen atoms in total. The summed E-state index contributed by atoms with van der Waals surface area (Å²) in [7, 11) is 0. The number of allylic oxidation sites excluding steroid dienone is 12. The molecule has 0 spiro atoms. The van der Waals surface area contributed by atoms with E-state index in [0.717, 1.165) is 49.1 Å². The second-order valence-electron chi connectivity index (χ2n) is 13.9. The molecule has 3 aromatic carbocycles. The zero-order valence-electron chi connectivity index (χ0n) is 30.0. The summed E-state index contributed by atoms with van der Waals surface area (Å²) >= 11 is 0. The van der Waals surface area contributed by atoms with Gasteiger partial charge in [-0.05, 0) is 130 Å². The Morgan fingerprint density at radius 3 is 1.61 bits per heavy atom. The molecule has 0 aliphatic heterocycles. The molecule has 5 heteroatoms. The van der Waals surface area contributed by atoms with Crippen molar-refractivity contribution < 1.29 is 0 Å². The molecule has 0 bridgehead atoms. The van der Waals surface area contributed by atoms with Crippen LogP contribution in [0, 0.1) is 0 Å². The lowest BCUT2D eigenvalue weighted by Crippen LogP contribution is -2.08. The average molecular weight is 698 g/mol. The van der Waals surface area contributed by atoms with Crippen molar-refractivity contribution in [3.8, 4) is 45.0 Å². The topological polar surface area (TPSA) is 64.5 Å². The zero-order chi connectivity index (χ0) is 36.1. The summed E-state index contributed by atoms with van der Waals surface area (Å²) in [5, 5.41) is 0. The summed E-state index contributed by atoms with van der Waals surface area (Å²) in [6, 6.07) is 32.8. The Kier molecular flexibility index (Phi) is 9.35. The molecule has 3 aliphatic rings. The first-order chi connectivity index (χ1) is 26.7. The van der Waals surface area contributed by atoms with Crippen LogP contribution in [-0.2, 0) is 0 Å². The van der Waals surface area contributed by atoms with E-state index in [4.69, 9.17) is 15.0 Å². The van der Waals surface area contributed by atoms with Gasteiger partial charge in [-0.1, -0.05) is 103 Å². The van der Waals surface area contributed by atoms with Crippen molar-refractivity contribution in [3.05, 3.63) is 193 Å². The fourth-order valence-corrected chi connectivity index (χ4v) is 7.37. The molecule has 0 N–H and O–H groups in total. The van der Waals surface area contributed by atoms with Crippen molar-refractivity contribution in [2.45, 2.75) is 38.0 Å². The fourth-order valence-electron chi connectivity index (χ4n) is 7.37. The van der Waals surface area contributed by atoms with Crippen LogP contribution in [0.5, 0.6) is 0 Å². The second-order valence-corrected chi connectivity index (χ2v) is 13.9. The minimum Gasteiger partial charge on any atom is -0.265 e.